The first-order valence-electron chi connectivity index (χ1n) is 6.28. The summed E-state index contributed by atoms with van der Waals surface area (Å²) >= 11 is 5.95. The minimum atomic E-state index is 0.169. The lowest BCUT2D eigenvalue weighted by molar-refractivity contribution is 0.951. The Kier molecular flexibility index (Phi) is 3.31. The van der Waals surface area contributed by atoms with Crippen molar-refractivity contribution in [2.24, 2.45) is 0 Å². The monoisotopic (exact) mass is 292 g/mol. The Morgan fingerprint density at radius 3 is 2.71 bits per heavy atom. The lowest BCUT2D eigenvalue weighted by Gasteiger charge is -2.09. The first-order valence-corrected chi connectivity index (χ1v) is 6.65. The van der Waals surface area contributed by atoms with E-state index in [0.29, 0.717) is 22.1 Å². The van der Waals surface area contributed by atoms with Gasteiger partial charge in [-0.05, 0) is 30.3 Å². The van der Waals surface area contributed by atoms with Crippen molar-refractivity contribution in [3.05, 3.63) is 58.9 Å². The highest BCUT2D eigenvalue weighted by Gasteiger charge is 2.14. The maximum atomic E-state index is 9.33. The number of imidazole rings is 1. The van der Waals surface area contributed by atoms with Gasteiger partial charge in [-0.25, -0.2) is 4.98 Å². The van der Waals surface area contributed by atoms with Crippen LogP contribution in [0.25, 0.3) is 16.7 Å². The van der Waals surface area contributed by atoms with E-state index in [0.717, 1.165) is 11.0 Å². The quantitative estimate of drug-likeness (QED) is 0.724. The molecular formula is C16H9ClN4. The molecule has 100 valence electrons. The van der Waals surface area contributed by atoms with Crippen molar-refractivity contribution in [2.75, 3.05) is 0 Å². The largest absolute Gasteiger partial charge is 0.294 e. The van der Waals surface area contributed by atoms with Crippen LogP contribution in [0.1, 0.15) is 11.4 Å². The van der Waals surface area contributed by atoms with Gasteiger partial charge in [-0.1, -0.05) is 23.7 Å². The zero-order valence-electron chi connectivity index (χ0n) is 10.9. The summed E-state index contributed by atoms with van der Waals surface area (Å²) in [4.78, 5) is 4.47. The Labute approximate surface area is 126 Å². The predicted octanol–water partition coefficient (Wildman–Crippen LogP) is 3.62. The van der Waals surface area contributed by atoms with Crippen LogP contribution >= 0.6 is 11.6 Å². The van der Waals surface area contributed by atoms with Gasteiger partial charge in [0.25, 0.3) is 0 Å². The third-order valence-electron chi connectivity index (χ3n) is 3.19. The van der Waals surface area contributed by atoms with Gasteiger partial charge in [0.15, 0.2) is 0 Å². The van der Waals surface area contributed by atoms with E-state index in [1.54, 1.807) is 18.2 Å². The van der Waals surface area contributed by atoms with Crippen LogP contribution in [0, 0.1) is 22.7 Å². The first-order chi connectivity index (χ1) is 10.2. The molecule has 4 nitrogen and oxygen atoms in total. The molecule has 0 N–H and O–H groups in total. The van der Waals surface area contributed by atoms with Gasteiger partial charge in [-0.15, -0.1) is 0 Å². The Morgan fingerprint density at radius 2 is 1.95 bits per heavy atom. The number of halogens is 1. The highest BCUT2D eigenvalue weighted by Crippen LogP contribution is 2.26. The number of nitriles is 2. The van der Waals surface area contributed by atoms with Crippen LogP contribution in [-0.4, -0.2) is 9.55 Å². The maximum absolute atomic E-state index is 9.33. The molecule has 0 aliphatic heterocycles. The van der Waals surface area contributed by atoms with Gasteiger partial charge in [0.1, 0.15) is 11.9 Å². The Bertz CT molecular complexity index is 912. The molecule has 0 saturated heterocycles. The summed E-state index contributed by atoms with van der Waals surface area (Å²) in [5.74, 6) is 0.609. The number of para-hydroxylation sites is 2. The smallest absolute Gasteiger partial charge is 0.128 e. The molecule has 0 radical (unpaired) electrons. The number of rotatable bonds is 2. The lowest BCUT2D eigenvalue weighted by Crippen LogP contribution is -2.03. The maximum Gasteiger partial charge on any atom is 0.128 e. The molecule has 0 saturated carbocycles. The molecule has 21 heavy (non-hydrogen) atoms. The van der Waals surface area contributed by atoms with Gasteiger partial charge in [0.05, 0.1) is 34.8 Å². The Morgan fingerprint density at radius 1 is 1.14 bits per heavy atom. The van der Waals surface area contributed by atoms with E-state index in [4.69, 9.17) is 16.9 Å². The lowest BCUT2D eigenvalue weighted by atomic mass is 10.2. The van der Waals surface area contributed by atoms with Crippen LogP contribution in [0.5, 0.6) is 0 Å². The standard InChI is InChI=1S/C16H9ClN4/c17-12-5-6-14(11(9-12)10-19)21-15-4-2-1-3-13(15)20-16(21)7-8-18/h1-6,9H,7H2. The van der Waals surface area contributed by atoms with Gasteiger partial charge in [0.2, 0.25) is 0 Å². The van der Waals surface area contributed by atoms with E-state index in [9.17, 15) is 5.26 Å². The molecule has 0 unspecified atom stereocenters. The van der Waals surface area contributed by atoms with E-state index < -0.39 is 0 Å². The number of nitrogens with zero attached hydrogens (tertiary/aromatic N) is 4. The summed E-state index contributed by atoms with van der Waals surface area (Å²) in [6.45, 7) is 0. The molecule has 1 heterocycles. The fourth-order valence-electron chi connectivity index (χ4n) is 2.33. The molecule has 1 aromatic heterocycles. The summed E-state index contributed by atoms with van der Waals surface area (Å²) in [6, 6.07) is 17.0. The Balaban J connectivity index is 2.37. The molecule has 0 bridgehead atoms. The van der Waals surface area contributed by atoms with E-state index in [2.05, 4.69) is 17.1 Å². The molecule has 0 fully saturated rings. The van der Waals surface area contributed by atoms with E-state index in [1.165, 1.54) is 0 Å². The van der Waals surface area contributed by atoms with Gasteiger partial charge in [-0.3, -0.25) is 4.57 Å². The molecule has 3 aromatic rings. The normalized spacial score (nSPS) is 10.2. The SMILES string of the molecule is N#CCc1nc2ccccc2n1-c1ccc(Cl)cc1C#N. The molecule has 0 spiro atoms. The minimum Gasteiger partial charge on any atom is -0.294 e. The Hall–Kier alpha value is -2.82. The average Bonchev–Trinajstić information content (AvgIpc) is 2.85. The predicted molar refractivity (Wildman–Crippen MR) is 80.1 cm³/mol. The second-order valence-electron chi connectivity index (χ2n) is 4.46. The fourth-order valence-corrected chi connectivity index (χ4v) is 2.50. The summed E-state index contributed by atoms with van der Waals surface area (Å²) in [6.07, 6.45) is 0.169. The second-order valence-corrected chi connectivity index (χ2v) is 4.90. The third kappa shape index (κ3) is 2.23. The minimum absolute atomic E-state index is 0.169. The molecule has 5 heteroatoms. The summed E-state index contributed by atoms with van der Waals surface area (Å²) in [7, 11) is 0. The van der Waals surface area contributed by atoms with Crippen molar-refractivity contribution < 1.29 is 0 Å². The molecule has 2 aromatic carbocycles. The van der Waals surface area contributed by atoms with Crippen LogP contribution in [0.4, 0.5) is 0 Å². The summed E-state index contributed by atoms with van der Waals surface area (Å²) in [5, 5.41) is 18.8. The fraction of sp³-hybridized carbons (Fsp3) is 0.0625. The molecule has 3 rings (SSSR count). The van der Waals surface area contributed by atoms with Crippen molar-refractivity contribution >= 4 is 22.6 Å². The number of hydrogen-bond acceptors (Lipinski definition) is 3. The van der Waals surface area contributed by atoms with E-state index in [1.807, 2.05) is 28.8 Å². The van der Waals surface area contributed by atoms with Crippen molar-refractivity contribution in [1.29, 1.82) is 10.5 Å². The first kappa shape index (κ1) is 13.2. The average molecular weight is 293 g/mol. The van der Waals surface area contributed by atoms with Crippen molar-refractivity contribution in [2.45, 2.75) is 6.42 Å². The van der Waals surface area contributed by atoms with Crippen LogP contribution < -0.4 is 0 Å². The second kappa shape index (κ2) is 5.28. The number of hydrogen-bond donors (Lipinski definition) is 0. The van der Waals surface area contributed by atoms with Crippen LogP contribution in [0.3, 0.4) is 0 Å². The molecule has 0 atom stereocenters. The van der Waals surface area contributed by atoms with Crippen molar-refractivity contribution in [1.82, 2.24) is 9.55 Å². The number of aromatic nitrogens is 2. The van der Waals surface area contributed by atoms with E-state index in [-0.39, 0.29) is 6.42 Å². The molecular weight excluding hydrogens is 284 g/mol. The van der Waals surface area contributed by atoms with Crippen LogP contribution in [0.15, 0.2) is 42.5 Å². The van der Waals surface area contributed by atoms with Crippen molar-refractivity contribution in [3.8, 4) is 17.8 Å². The van der Waals surface area contributed by atoms with Gasteiger partial charge in [0, 0.05) is 5.02 Å². The summed E-state index contributed by atoms with van der Waals surface area (Å²) < 4.78 is 1.84. The molecule has 0 aliphatic rings. The topological polar surface area (TPSA) is 65.4 Å². The van der Waals surface area contributed by atoms with Crippen molar-refractivity contribution in [3.63, 3.8) is 0 Å². The van der Waals surface area contributed by atoms with Gasteiger partial charge >= 0.3 is 0 Å². The highest BCUT2D eigenvalue weighted by molar-refractivity contribution is 6.30. The van der Waals surface area contributed by atoms with Crippen LogP contribution in [-0.2, 0) is 6.42 Å². The highest BCUT2D eigenvalue weighted by atomic mass is 35.5. The van der Waals surface area contributed by atoms with Gasteiger partial charge in [-0.2, -0.15) is 10.5 Å². The van der Waals surface area contributed by atoms with Crippen LogP contribution in [0.2, 0.25) is 5.02 Å². The van der Waals surface area contributed by atoms with E-state index >= 15 is 0 Å². The third-order valence-corrected chi connectivity index (χ3v) is 3.42. The zero-order chi connectivity index (χ0) is 14.8. The zero-order valence-corrected chi connectivity index (χ0v) is 11.7. The van der Waals surface area contributed by atoms with Gasteiger partial charge < -0.3 is 0 Å². The molecule has 0 amide bonds. The molecule has 0 aliphatic carbocycles. The summed E-state index contributed by atoms with van der Waals surface area (Å²) in [5.41, 5.74) is 2.79. The number of fused-ring (bicyclic) bond motifs is 1. The number of benzene rings is 2.